The van der Waals surface area contributed by atoms with Gasteiger partial charge in [-0.2, -0.15) is 0 Å². The van der Waals surface area contributed by atoms with Crippen molar-refractivity contribution in [1.82, 2.24) is 9.55 Å². The highest BCUT2D eigenvalue weighted by molar-refractivity contribution is 6.14. The highest BCUT2D eigenvalue weighted by Crippen LogP contribution is 2.41. The Bertz CT molecular complexity index is 2260. The summed E-state index contributed by atoms with van der Waals surface area (Å²) in [6, 6.07) is 57.7. The van der Waals surface area contributed by atoms with E-state index in [2.05, 4.69) is 173 Å². The molecule has 0 fully saturated rings. The molecule has 0 spiro atoms. The van der Waals surface area contributed by atoms with Crippen molar-refractivity contribution >= 4 is 61.8 Å². The Morgan fingerprint density at radius 2 is 1.11 bits per heavy atom. The first-order valence-electron chi connectivity index (χ1n) is 14.9. The summed E-state index contributed by atoms with van der Waals surface area (Å²) in [5, 5.41) is 4.96. The van der Waals surface area contributed by atoms with Crippen LogP contribution >= 0.6 is 0 Å². The van der Waals surface area contributed by atoms with Gasteiger partial charge in [0, 0.05) is 22.4 Å². The maximum absolute atomic E-state index is 4.95. The fourth-order valence-electron chi connectivity index (χ4n) is 6.13. The van der Waals surface area contributed by atoms with Crippen LogP contribution in [-0.4, -0.2) is 9.55 Å². The largest absolute Gasteiger partial charge is 0.310 e. The summed E-state index contributed by atoms with van der Waals surface area (Å²) in [6.45, 7) is 0. The number of hydrogen-bond donors (Lipinski definition) is 0. The van der Waals surface area contributed by atoms with Crippen LogP contribution in [-0.2, 0) is 0 Å². The van der Waals surface area contributed by atoms with Gasteiger partial charge in [0.15, 0.2) is 0 Å². The van der Waals surface area contributed by atoms with Gasteiger partial charge in [0.2, 0.25) is 0 Å². The van der Waals surface area contributed by atoms with Crippen molar-refractivity contribution in [1.29, 1.82) is 0 Å². The fourth-order valence-corrected chi connectivity index (χ4v) is 6.13. The van der Waals surface area contributed by atoms with Crippen LogP contribution in [0.2, 0.25) is 0 Å². The van der Waals surface area contributed by atoms with Gasteiger partial charge in [0.25, 0.3) is 0 Å². The molecular weight excluding hydrogens is 534 g/mol. The second-order valence-corrected chi connectivity index (χ2v) is 10.9. The standard InChI is InChI=1S/C41H29N3/c1-3-14-32(15-4-1)43(40-29-31-13-7-8-18-35(31)36-19-9-10-20-37(36)40)34-26-23-30(24-27-34)25-28-41-42-38-21-11-12-22-39(38)44(41)33-16-5-2-6-17-33/h1-29H. The Labute approximate surface area is 256 Å². The Morgan fingerprint density at radius 1 is 0.500 bits per heavy atom. The van der Waals surface area contributed by atoms with Crippen LogP contribution in [0, 0.1) is 0 Å². The Morgan fingerprint density at radius 3 is 1.91 bits per heavy atom. The van der Waals surface area contributed by atoms with E-state index >= 15 is 0 Å². The normalized spacial score (nSPS) is 11.5. The molecular formula is C41H29N3. The molecule has 208 valence electrons. The first-order valence-corrected chi connectivity index (χ1v) is 14.9. The van der Waals surface area contributed by atoms with Gasteiger partial charge >= 0.3 is 0 Å². The van der Waals surface area contributed by atoms with Gasteiger partial charge in [-0.15, -0.1) is 0 Å². The first-order chi connectivity index (χ1) is 21.8. The molecule has 0 amide bonds. The highest BCUT2D eigenvalue weighted by atomic mass is 15.1. The lowest BCUT2D eigenvalue weighted by atomic mass is 9.99. The minimum atomic E-state index is 0.898. The second kappa shape index (κ2) is 11.0. The minimum Gasteiger partial charge on any atom is -0.310 e. The molecule has 0 unspecified atom stereocenters. The number of nitrogens with zero attached hydrogens (tertiary/aromatic N) is 3. The van der Waals surface area contributed by atoms with E-state index in [4.69, 9.17) is 4.98 Å². The average Bonchev–Trinajstić information content (AvgIpc) is 3.47. The SMILES string of the molecule is C(=Cc1nc2ccccc2n1-c1ccccc1)c1ccc(N(c2ccccc2)c2cc3ccccc3c3ccccc23)cc1. The first kappa shape index (κ1) is 25.8. The van der Waals surface area contributed by atoms with Gasteiger partial charge in [0.1, 0.15) is 5.82 Å². The zero-order valence-electron chi connectivity index (χ0n) is 24.1. The molecule has 0 saturated heterocycles. The van der Waals surface area contributed by atoms with Crippen molar-refractivity contribution in [3.63, 3.8) is 0 Å². The quantitative estimate of drug-likeness (QED) is 0.188. The van der Waals surface area contributed by atoms with Crippen LogP contribution in [0.25, 0.3) is 50.4 Å². The summed E-state index contributed by atoms with van der Waals surface area (Å²) in [4.78, 5) is 7.31. The van der Waals surface area contributed by atoms with Crippen molar-refractivity contribution in [3.05, 3.63) is 175 Å². The van der Waals surface area contributed by atoms with Crippen molar-refractivity contribution < 1.29 is 0 Å². The van der Waals surface area contributed by atoms with E-state index in [1.807, 2.05) is 12.1 Å². The van der Waals surface area contributed by atoms with Crippen molar-refractivity contribution in [2.45, 2.75) is 0 Å². The summed E-state index contributed by atoms with van der Waals surface area (Å²) in [5.41, 5.74) is 7.65. The average molecular weight is 564 g/mol. The summed E-state index contributed by atoms with van der Waals surface area (Å²) in [6.07, 6.45) is 4.25. The topological polar surface area (TPSA) is 21.1 Å². The molecule has 0 saturated carbocycles. The molecule has 1 heterocycles. The Hall–Kier alpha value is -5.93. The number of anilines is 3. The molecule has 3 nitrogen and oxygen atoms in total. The molecule has 1 aromatic heterocycles. The zero-order chi connectivity index (χ0) is 29.3. The molecule has 7 aromatic carbocycles. The smallest absolute Gasteiger partial charge is 0.138 e. The lowest BCUT2D eigenvalue weighted by molar-refractivity contribution is 1.07. The minimum absolute atomic E-state index is 0.898. The predicted molar refractivity (Wildman–Crippen MR) is 186 cm³/mol. The van der Waals surface area contributed by atoms with Crippen LogP contribution in [0.3, 0.4) is 0 Å². The van der Waals surface area contributed by atoms with Crippen molar-refractivity contribution in [2.75, 3.05) is 4.90 Å². The maximum Gasteiger partial charge on any atom is 0.138 e. The molecule has 3 heteroatoms. The van der Waals surface area contributed by atoms with E-state index in [0.29, 0.717) is 0 Å². The van der Waals surface area contributed by atoms with Gasteiger partial charge in [-0.05, 0) is 82.4 Å². The summed E-state index contributed by atoms with van der Waals surface area (Å²) < 4.78 is 2.21. The lowest BCUT2D eigenvalue weighted by Gasteiger charge is -2.27. The third kappa shape index (κ3) is 4.61. The van der Waals surface area contributed by atoms with Gasteiger partial charge < -0.3 is 4.90 Å². The summed E-state index contributed by atoms with van der Waals surface area (Å²) >= 11 is 0. The van der Waals surface area contributed by atoms with E-state index in [0.717, 1.165) is 45.2 Å². The number of para-hydroxylation sites is 4. The van der Waals surface area contributed by atoms with Crippen LogP contribution in [0.1, 0.15) is 11.4 Å². The van der Waals surface area contributed by atoms with Crippen molar-refractivity contribution in [2.24, 2.45) is 0 Å². The molecule has 0 aliphatic carbocycles. The molecule has 8 rings (SSSR count). The fraction of sp³-hybridized carbons (Fsp3) is 0. The Kier molecular flexibility index (Phi) is 6.47. The third-order valence-corrected chi connectivity index (χ3v) is 8.18. The van der Waals surface area contributed by atoms with Gasteiger partial charge in [0.05, 0.1) is 16.7 Å². The molecule has 0 radical (unpaired) electrons. The van der Waals surface area contributed by atoms with Crippen LogP contribution in [0.15, 0.2) is 164 Å². The Balaban J connectivity index is 1.21. The van der Waals surface area contributed by atoms with Crippen LogP contribution in [0.5, 0.6) is 0 Å². The number of imidazole rings is 1. The van der Waals surface area contributed by atoms with E-state index in [9.17, 15) is 0 Å². The van der Waals surface area contributed by atoms with Gasteiger partial charge in [-0.3, -0.25) is 4.57 Å². The van der Waals surface area contributed by atoms with Crippen molar-refractivity contribution in [3.8, 4) is 5.69 Å². The molecule has 0 aliphatic heterocycles. The number of hydrogen-bond acceptors (Lipinski definition) is 2. The molecule has 0 N–H and O–H groups in total. The second-order valence-electron chi connectivity index (χ2n) is 10.9. The zero-order valence-corrected chi connectivity index (χ0v) is 24.1. The number of benzene rings is 7. The molecule has 44 heavy (non-hydrogen) atoms. The maximum atomic E-state index is 4.95. The number of rotatable bonds is 6. The molecule has 0 atom stereocenters. The number of fused-ring (bicyclic) bond motifs is 4. The van der Waals surface area contributed by atoms with E-state index in [1.165, 1.54) is 21.5 Å². The predicted octanol–water partition coefficient (Wildman–Crippen LogP) is 11.0. The summed E-state index contributed by atoms with van der Waals surface area (Å²) in [7, 11) is 0. The lowest BCUT2D eigenvalue weighted by Crippen LogP contribution is -2.10. The molecule has 8 aromatic rings. The number of aromatic nitrogens is 2. The molecule has 0 aliphatic rings. The van der Waals surface area contributed by atoms with E-state index in [1.54, 1.807) is 0 Å². The monoisotopic (exact) mass is 563 g/mol. The highest BCUT2D eigenvalue weighted by Gasteiger charge is 2.17. The van der Waals surface area contributed by atoms with Gasteiger partial charge in [-0.1, -0.05) is 115 Å². The summed E-state index contributed by atoms with van der Waals surface area (Å²) in [5.74, 6) is 0.898. The van der Waals surface area contributed by atoms with Crippen LogP contribution < -0.4 is 4.90 Å². The van der Waals surface area contributed by atoms with Gasteiger partial charge in [-0.25, -0.2) is 4.98 Å². The third-order valence-electron chi connectivity index (χ3n) is 8.18. The van der Waals surface area contributed by atoms with Crippen LogP contribution in [0.4, 0.5) is 17.1 Å². The van der Waals surface area contributed by atoms with E-state index in [-0.39, 0.29) is 0 Å². The molecule has 0 bridgehead atoms. The van der Waals surface area contributed by atoms with E-state index < -0.39 is 0 Å².